The van der Waals surface area contributed by atoms with Crippen molar-refractivity contribution in [2.75, 3.05) is 5.75 Å². The van der Waals surface area contributed by atoms with Gasteiger partial charge in [-0.2, -0.15) is 0 Å². The molecule has 0 heterocycles. The van der Waals surface area contributed by atoms with Crippen molar-refractivity contribution < 1.29 is 8.42 Å². The van der Waals surface area contributed by atoms with E-state index in [1.165, 1.54) is 0 Å². The Balaban J connectivity index is 3.73. The SMILES string of the molecule is [CH2]C(C)(C)C[SH](=O)=O. The second kappa shape index (κ2) is 2.49. The third-order valence-corrected chi connectivity index (χ3v) is 1.67. The first-order valence-electron chi connectivity index (χ1n) is 2.39. The summed E-state index contributed by atoms with van der Waals surface area (Å²) in [7, 11) is -2.25. The molecule has 1 radical (unpaired) electrons. The average Bonchev–Trinajstić information content (AvgIpc) is 1.21. The molecule has 49 valence electrons. The fourth-order valence-electron chi connectivity index (χ4n) is 0.349. The molecule has 0 fully saturated rings. The van der Waals surface area contributed by atoms with E-state index in [0.29, 0.717) is 0 Å². The zero-order valence-electron chi connectivity index (χ0n) is 5.18. The highest BCUT2D eigenvalue weighted by Gasteiger charge is 2.10. The maximum Gasteiger partial charge on any atom is 0.140 e. The molecule has 0 saturated heterocycles. The molecule has 8 heavy (non-hydrogen) atoms. The largest absolute Gasteiger partial charge is 0.232 e. The van der Waals surface area contributed by atoms with Crippen LogP contribution in [-0.4, -0.2) is 14.2 Å². The minimum absolute atomic E-state index is 0.169. The minimum atomic E-state index is -2.25. The molecule has 0 aromatic heterocycles. The summed E-state index contributed by atoms with van der Waals surface area (Å²) in [6.07, 6.45) is 0. The van der Waals surface area contributed by atoms with Gasteiger partial charge in [0.15, 0.2) is 0 Å². The molecular formula is C5H11O2S. The van der Waals surface area contributed by atoms with Gasteiger partial charge in [-0.3, -0.25) is 0 Å². The first-order chi connectivity index (χ1) is 3.42. The van der Waals surface area contributed by atoms with Crippen LogP contribution in [-0.2, 0) is 10.7 Å². The lowest BCUT2D eigenvalue weighted by molar-refractivity contribution is 0.526. The van der Waals surface area contributed by atoms with Gasteiger partial charge in [0.05, 0.1) is 5.75 Å². The molecule has 0 bridgehead atoms. The maximum absolute atomic E-state index is 10.0. The topological polar surface area (TPSA) is 34.1 Å². The lowest BCUT2D eigenvalue weighted by Crippen LogP contribution is -2.12. The zero-order valence-corrected chi connectivity index (χ0v) is 6.07. The number of hydrogen-bond donors (Lipinski definition) is 1. The van der Waals surface area contributed by atoms with Crippen LogP contribution in [0.3, 0.4) is 0 Å². The number of hydrogen-bond acceptors (Lipinski definition) is 2. The van der Waals surface area contributed by atoms with E-state index < -0.39 is 10.7 Å². The van der Waals surface area contributed by atoms with Gasteiger partial charge in [-0.25, -0.2) is 8.42 Å². The molecule has 2 nitrogen and oxygen atoms in total. The molecule has 0 rings (SSSR count). The Morgan fingerprint density at radius 2 is 1.88 bits per heavy atom. The van der Waals surface area contributed by atoms with Gasteiger partial charge in [0.2, 0.25) is 0 Å². The van der Waals surface area contributed by atoms with Crippen LogP contribution in [0.4, 0.5) is 0 Å². The second-order valence-corrected chi connectivity index (χ2v) is 3.64. The first kappa shape index (κ1) is 7.95. The summed E-state index contributed by atoms with van der Waals surface area (Å²) < 4.78 is 20.0. The molecule has 0 saturated carbocycles. The molecule has 0 amide bonds. The van der Waals surface area contributed by atoms with Gasteiger partial charge in [0.1, 0.15) is 10.7 Å². The van der Waals surface area contributed by atoms with Gasteiger partial charge in [-0.1, -0.05) is 13.8 Å². The van der Waals surface area contributed by atoms with Gasteiger partial charge >= 0.3 is 0 Å². The number of thiol groups is 1. The summed E-state index contributed by atoms with van der Waals surface area (Å²) in [5.74, 6) is 0.169. The third kappa shape index (κ3) is 5.95. The summed E-state index contributed by atoms with van der Waals surface area (Å²) in [4.78, 5) is 0. The van der Waals surface area contributed by atoms with Crippen LogP contribution in [0.5, 0.6) is 0 Å². The van der Waals surface area contributed by atoms with Crippen LogP contribution < -0.4 is 0 Å². The van der Waals surface area contributed by atoms with Crippen molar-refractivity contribution in [1.82, 2.24) is 0 Å². The van der Waals surface area contributed by atoms with E-state index in [0.717, 1.165) is 0 Å². The molecule has 0 aromatic carbocycles. The van der Waals surface area contributed by atoms with Gasteiger partial charge in [0, 0.05) is 0 Å². The van der Waals surface area contributed by atoms with Crippen molar-refractivity contribution in [2.45, 2.75) is 13.8 Å². The lowest BCUT2D eigenvalue weighted by Gasteiger charge is -2.11. The predicted octanol–water partition coefficient (Wildman–Crippen LogP) is 0.458. The van der Waals surface area contributed by atoms with Gasteiger partial charge in [-0.15, -0.1) is 0 Å². The van der Waals surface area contributed by atoms with Crippen molar-refractivity contribution in [3.63, 3.8) is 0 Å². The normalized spacial score (nSPS) is 12.5. The van der Waals surface area contributed by atoms with Crippen LogP contribution in [0.25, 0.3) is 0 Å². The zero-order chi connectivity index (χ0) is 6.78. The first-order valence-corrected chi connectivity index (χ1v) is 3.75. The Kier molecular flexibility index (Phi) is 2.47. The standard InChI is InChI=1S/C5H11O2S/c1-5(2,3)4-8(6)7/h8H,1,4H2,2-3H3. The molecular weight excluding hydrogens is 124 g/mol. The predicted molar refractivity (Wildman–Crippen MR) is 34.3 cm³/mol. The molecule has 0 atom stereocenters. The minimum Gasteiger partial charge on any atom is -0.232 e. The van der Waals surface area contributed by atoms with E-state index in [-0.39, 0.29) is 11.2 Å². The van der Waals surface area contributed by atoms with Crippen molar-refractivity contribution in [1.29, 1.82) is 0 Å². The smallest absolute Gasteiger partial charge is 0.140 e. The molecule has 0 spiro atoms. The van der Waals surface area contributed by atoms with Crippen molar-refractivity contribution in [3.8, 4) is 0 Å². The van der Waals surface area contributed by atoms with Crippen molar-refractivity contribution in [3.05, 3.63) is 6.92 Å². The van der Waals surface area contributed by atoms with E-state index in [9.17, 15) is 8.42 Å². The Hall–Kier alpha value is -0.0500. The van der Waals surface area contributed by atoms with E-state index >= 15 is 0 Å². The Labute approximate surface area is 51.9 Å². The highest BCUT2D eigenvalue weighted by atomic mass is 32.2. The van der Waals surface area contributed by atoms with Crippen LogP contribution in [0.2, 0.25) is 0 Å². The molecule has 0 aliphatic carbocycles. The van der Waals surface area contributed by atoms with Crippen LogP contribution >= 0.6 is 0 Å². The van der Waals surface area contributed by atoms with E-state index in [2.05, 4.69) is 6.92 Å². The quantitative estimate of drug-likeness (QED) is 0.558. The monoisotopic (exact) mass is 135 g/mol. The van der Waals surface area contributed by atoms with Crippen molar-refractivity contribution >= 4 is 10.7 Å². The molecule has 0 aliphatic heterocycles. The van der Waals surface area contributed by atoms with E-state index in [1.807, 2.05) is 0 Å². The fraction of sp³-hybridized carbons (Fsp3) is 0.800. The van der Waals surface area contributed by atoms with Crippen molar-refractivity contribution in [2.24, 2.45) is 5.41 Å². The van der Waals surface area contributed by atoms with E-state index in [4.69, 9.17) is 0 Å². The highest BCUT2D eigenvalue weighted by Crippen LogP contribution is 2.10. The number of rotatable bonds is 2. The Bertz CT molecular complexity index is 122. The molecule has 0 aliphatic rings. The molecule has 3 heteroatoms. The fourth-order valence-corrected chi connectivity index (χ4v) is 1.05. The maximum atomic E-state index is 10.0. The second-order valence-electron chi connectivity index (χ2n) is 2.66. The Morgan fingerprint density at radius 3 is 1.88 bits per heavy atom. The van der Waals surface area contributed by atoms with E-state index in [1.54, 1.807) is 13.8 Å². The summed E-state index contributed by atoms with van der Waals surface area (Å²) in [6, 6.07) is 0. The van der Waals surface area contributed by atoms with Crippen LogP contribution in [0.1, 0.15) is 13.8 Å². The highest BCUT2D eigenvalue weighted by molar-refractivity contribution is 7.72. The summed E-state index contributed by atoms with van der Waals surface area (Å²) in [5.41, 5.74) is -0.324. The average molecular weight is 135 g/mol. The molecule has 0 N–H and O–H groups in total. The van der Waals surface area contributed by atoms with Crippen LogP contribution in [0, 0.1) is 12.3 Å². The molecule has 0 aromatic rings. The van der Waals surface area contributed by atoms with Gasteiger partial charge in [-0.05, 0) is 12.3 Å². The summed E-state index contributed by atoms with van der Waals surface area (Å²) >= 11 is 0. The molecule has 0 unspecified atom stereocenters. The Morgan fingerprint density at radius 1 is 1.50 bits per heavy atom. The summed E-state index contributed by atoms with van der Waals surface area (Å²) in [5, 5.41) is 0. The third-order valence-electron chi connectivity index (χ3n) is 0.557. The van der Waals surface area contributed by atoms with Gasteiger partial charge in [0.25, 0.3) is 0 Å². The lowest BCUT2D eigenvalue weighted by atomic mass is 10.0. The van der Waals surface area contributed by atoms with Crippen LogP contribution in [0.15, 0.2) is 0 Å². The van der Waals surface area contributed by atoms with Gasteiger partial charge < -0.3 is 0 Å². The summed E-state index contributed by atoms with van der Waals surface area (Å²) in [6.45, 7) is 7.21.